The largest absolute Gasteiger partial charge is 0.457 e. The first-order valence-corrected chi connectivity index (χ1v) is 6.39. The summed E-state index contributed by atoms with van der Waals surface area (Å²) in [5, 5.41) is 3.81. The van der Waals surface area contributed by atoms with E-state index in [0.29, 0.717) is 5.76 Å². The van der Waals surface area contributed by atoms with Gasteiger partial charge >= 0.3 is 5.97 Å². The highest BCUT2D eigenvalue weighted by molar-refractivity contribution is 5.87. The molecule has 0 bridgehead atoms. The molecule has 0 unspecified atom stereocenters. The number of hydrogen-bond donors (Lipinski definition) is 0. The molecule has 1 heterocycles. The predicted molar refractivity (Wildman–Crippen MR) is 76.0 cm³/mol. The first-order chi connectivity index (χ1) is 9.56. The molecule has 0 radical (unpaired) electrons. The third kappa shape index (κ3) is 3.57. The van der Waals surface area contributed by atoms with Gasteiger partial charge in [0.25, 0.3) is 0 Å². The molecule has 0 amide bonds. The van der Waals surface area contributed by atoms with Crippen LogP contribution in [0.3, 0.4) is 0 Å². The average Bonchev–Trinajstić information content (AvgIpc) is 2.75. The van der Waals surface area contributed by atoms with Crippen molar-refractivity contribution < 1.29 is 14.1 Å². The van der Waals surface area contributed by atoms with Crippen LogP contribution in [0.2, 0.25) is 0 Å². The van der Waals surface area contributed by atoms with Gasteiger partial charge in [0.2, 0.25) is 0 Å². The van der Waals surface area contributed by atoms with Crippen molar-refractivity contribution in [2.45, 2.75) is 27.4 Å². The Hall–Kier alpha value is -2.36. The van der Waals surface area contributed by atoms with E-state index in [4.69, 9.17) is 9.26 Å². The van der Waals surface area contributed by atoms with Crippen LogP contribution in [-0.2, 0) is 16.1 Å². The van der Waals surface area contributed by atoms with E-state index in [1.54, 1.807) is 13.0 Å². The highest BCUT2D eigenvalue weighted by Gasteiger charge is 2.10. The molecule has 104 valence electrons. The number of ether oxygens (including phenoxy) is 1. The molecule has 4 nitrogen and oxygen atoms in total. The predicted octanol–water partition coefficient (Wildman–Crippen LogP) is 3.36. The Balaban J connectivity index is 1.91. The lowest BCUT2D eigenvalue weighted by atomic mass is 10.1. The first kappa shape index (κ1) is 14.1. The Morgan fingerprint density at radius 1 is 1.25 bits per heavy atom. The zero-order chi connectivity index (χ0) is 14.5. The molecule has 0 atom stereocenters. The van der Waals surface area contributed by atoms with Crippen LogP contribution in [0, 0.1) is 20.8 Å². The quantitative estimate of drug-likeness (QED) is 0.632. The molecule has 0 spiro atoms. The Morgan fingerprint density at radius 3 is 2.55 bits per heavy atom. The number of esters is 1. The van der Waals surface area contributed by atoms with E-state index in [1.165, 1.54) is 11.6 Å². The summed E-state index contributed by atoms with van der Waals surface area (Å²) in [6, 6.07) is 7.89. The molecule has 1 aromatic heterocycles. The fraction of sp³-hybridized carbons (Fsp3) is 0.250. The lowest BCUT2D eigenvalue weighted by molar-refractivity contribution is -0.138. The minimum Gasteiger partial charge on any atom is -0.457 e. The van der Waals surface area contributed by atoms with Crippen LogP contribution in [0.5, 0.6) is 0 Å². The second kappa shape index (κ2) is 6.19. The molecule has 2 rings (SSSR count). The van der Waals surface area contributed by atoms with Crippen molar-refractivity contribution in [1.29, 1.82) is 0 Å². The Bertz CT molecular complexity index is 604. The molecule has 20 heavy (non-hydrogen) atoms. The van der Waals surface area contributed by atoms with E-state index in [9.17, 15) is 4.79 Å². The van der Waals surface area contributed by atoms with Gasteiger partial charge in [-0.3, -0.25) is 0 Å². The van der Waals surface area contributed by atoms with E-state index >= 15 is 0 Å². The third-order valence-corrected chi connectivity index (χ3v) is 3.03. The summed E-state index contributed by atoms with van der Waals surface area (Å²) in [7, 11) is 0. The van der Waals surface area contributed by atoms with Crippen molar-refractivity contribution in [1.82, 2.24) is 5.16 Å². The zero-order valence-corrected chi connectivity index (χ0v) is 11.8. The molecule has 2 aromatic rings. The minimum atomic E-state index is -0.384. The SMILES string of the molecule is Cc1ccc(/C=C/C(=O)OCc2c(C)noc2C)cc1. The van der Waals surface area contributed by atoms with Gasteiger partial charge in [-0.25, -0.2) is 4.79 Å². The van der Waals surface area contributed by atoms with Crippen LogP contribution in [-0.4, -0.2) is 11.1 Å². The van der Waals surface area contributed by atoms with Gasteiger partial charge in [-0.1, -0.05) is 35.0 Å². The van der Waals surface area contributed by atoms with Crippen molar-refractivity contribution in [3.05, 3.63) is 58.5 Å². The second-order valence-corrected chi connectivity index (χ2v) is 4.65. The molecule has 0 saturated heterocycles. The lowest BCUT2D eigenvalue weighted by Crippen LogP contribution is -2.02. The van der Waals surface area contributed by atoms with Crippen molar-refractivity contribution in [3.8, 4) is 0 Å². The fourth-order valence-electron chi connectivity index (χ4n) is 1.74. The smallest absolute Gasteiger partial charge is 0.331 e. The van der Waals surface area contributed by atoms with Gasteiger partial charge in [0.05, 0.1) is 11.3 Å². The number of carbonyl (C=O) groups excluding carboxylic acids is 1. The second-order valence-electron chi connectivity index (χ2n) is 4.65. The van der Waals surface area contributed by atoms with E-state index in [0.717, 1.165) is 16.8 Å². The summed E-state index contributed by atoms with van der Waals surface area (Å²) in [6.45, 7) is 5.82. The summed E-state index contributed by atoms with van der Waals surface area (Å²) >= 11 is 0. The van der Waals surface area contributed by atoms with Gasteiger partial charge in [0, 0.05) is 6.08 Å². The number of benzene rings is 1. The van der Waals surface area contributed by atoms with Crippen molar-refractivity contribution >= 4 is 12.0 Å². The lowest BCUT2D eigenvalue weighted by Gasteiger charge is -2.01. The van der Waals surface area contributed by atoms with Gasteiger partial charge in [0.1, 0.15) is 12.4 Å². The molecule has 0 aliphatic rings. The van der Waals surface area contributed by atoms with Crippen LogP contribution in [0.15, 0.2) is 34.9 Å². The zero-order valence-electron chi connectivity index (χ0n) is 11.8. The monoisotopic (exact) mass is 271 g/mol. The number of nitrogens with zero attached hydrogens (tertiary/aromatic N) is 1. The van der Waals surface area contributed by atoms with Crippen molar-refractivity contribution in [2.75, 3.05) is 0 Å². The number of rotatable bonds is 4. The van der Waals surface area contributed by atoms with Crippen LogP contribution in [0.25, 0.3) is 6.08 Å². The van der Waals surface area contributed by atoms with Crippen LogP contribution in [0.4, 0.5) is 0 Å². The highest BCUT2D eigenvalue weighted by atomic mass is 16.5. The molecule has 1 aromatic carbocycles. The third-order valence-electron chi connectivity index (χ3n) is 3.03. The summed E-state index contributed by atoms with van der Waals surface area (Å²) in [6.07, 6.45) is 3.15. The van der Waals surface area contributed by atoms with E-state index < -0.39 is 0 Å². The Kier molecular flexibility index (Phi) is 4.35. The van der Waals surface area contributed by atoms with Gasteiger partial charge in [0.15, 0.2) is 0 Å². The maximum Gasteiger partial charge on any atom is 0.331 e. The van der Waals surface area contributed by atoms with Crippen LogP contribution in [0.1, 0.15) is 28.1 Å². The van der Waals surface area contributed by atoms with Gasteiger partial charge in [-0.2, -0.15) is 0 Å². The van der Waals surface area contributed by atoms with Crippen molar-refractivity contribution in [2.24, 2.45) is 0 Å². The van der Waals surface area contributed by atoms with Gasteiger partial charge in [-0.05, 0) is 32.4 Å². The topological polar surface area (TPSA) is 52.3 Å². The maximum absolute atomic E-state index is 11.6. The summed E-state index contributed by atoms with van der Waals surface area (Å²) in [4.78, 5) is 11.6. The van der Waals surface area contributed by atoms with E-state index in [1.807, 2.05) is 38.1 Å². The highest BCUT2D eigenvalue weighted by Crippen LogP contribution is 2.13. The summed E-state index contributed by atoms with van der Waals surface area (Å²) in [5.41, 5.74) is 3.72. The van der Waals surface area contributed by atoms with Crippen molar-refractivity contribution in [3.63, 3.8) is 0 Å². The Morgan fingerprint density at radius 2 is 1.95 bits per heavy atom. The number of aromatic nitrogens is 1. The number of aryl methyl sites for hydroxylation is 3. The molecule has 4 heteroatoms. The standard InChI is InChI=1S/C16H17NO3/c1-11-4-6-14(7-5-11)8-9-16(18)19-10-15-12(2)17-20-13(15)3/h4-9H,10H2,1-3H3/b9-8+. The Labute approximate surface area is 118 Å². The molecule has 0 N–H and O–H groups in total. The number of hydrogen-bond acceptors (Lipinski definition) is 4. The average molecular weight is 271 g/mol. The molecule has 0 aliphatic heterocycles. The fourth-order valence-corrected chi connectivity index (χ4v) is 1.74. The number of carbonyl (C=O) groups is 1. The molecule has 0 aliphatic carbocycles. The molecule has 0 fully saturated rings. The van der Waals surface area contributed by atoms with Crippen LogP contribution >= 0.6 is 0 Å². The molecular formula is C16H17NO3. The molecule has 0 saturated carbocycles. The molecular weight excluding hydrogens is 254 g/mol. The maximum atomic E-state index is 11.6. The van der Waals surface area contributed by atoms with Gasteiger partial charge in [-0.15, -0.1) is 0 Å². The minimum absolute atomic E-state index is 0.179. The summed E-state index contributed by atoms with van der Waals surface area (Å²) < 4.78 is 10.2. The first-order valence-electron chi connectivity index (χ1n) is 6.39. The van der Waals surface area contributed by atoms with Crippen LogP contribution < -0.4 is 0 Å². The normalized spacial score (nSPS) is 10.9. The van der Waals surface area contributed by atoms with E-state index in [-0.39, 0.29) is 12.6 Å². The summed E-state index contributed by atoms with van der Waals surface area (Å²) in [5.74, 6) is 0.295. The van der Waals surface area contributed by atoms with E-state index in [2.05, 4.69) is 5.16 Å². The van der Waals surface area contributed by atoms with Gasteiger partial charge < -0.3 is 9.26 Å².